The van der Waals surface area contributed by atoms with Crippen LogP contribution in [0.4, 0.5) is 11.5 Å². The van der Waals surface area contributed by atoms with Gasteiger partial charge in [-0.05, 0) is 38.8 Å². The Morgan fingerprint density at radius 3 is 2.45 bits per heavy atom. The SMILES string of the molecule is CCC(CC)N(CCO)c1ccc(N)c(OC(C)C)n1. The monoisotopic (exact) mass is 281 g/mol. The molecule has 0 bridgehead atoms. The Hall–Kier alpha value is -1.49. The molecule has 0 saturated carbocycles. The molecule has 0 unspecified atom stereocenters. The summed E-state index contributed by atoms with van der Waals surface area (Å²) < 4.78 is 5.64. The lowest BCUT2D eigenvalue weighted by atomic mass is 10.1. The van der Waals surface area contributed by atoms with Gasteiger partial charge in [-0.15, -0.1) is 0 Å². The molecule has 20 heavy (non-hydrogen) atoms. The van der Waals surface area contributed by atoms with Crippen LogP contribution in [0.1, 0.15) is 40.5 Å². The summed E-state index contributed by atoms with van der Waals surface area (Å²) in [5.74, 6) is 1.27. The van der Waals surface area contributed by atoms with E-state index in [0.717, 1.165) is 18.7 Å². The number of aliphatic hydroxyl groups excluding tert-OH is 1. The Morgan fingerprint density at radius 2 is 1.95 bits per heavy atom. The van der Waals surface area contributed by atoms with Crippen molar-refractivity contribution in [2.45, 2.75) is 52.7 Å². The molecule has 0 fully saturated rings. The van der Waals surface area contributed by atoms with E-state index in [2.05, 4.69) is 23.7 Å². The number of nitrogens with two attached hydrogens (primary N) is 1. The van der Waals surface area contributed by atoms with Gasteiger partial charge in [0.2, 0.25) is 5.88 Å². The van der Waals surface area contributed by atoms with Crippen LogP contribution in [0.25, 0.3) is 0 Å². The van der Waals surface area contributed by atoms with E-state index in [0.29, 0.717) is 24.2 Å². The Balaban J connectivity index is 3.07. The number of ether oxygens (including phenoxy) is 1. The van der Waals surface area contributed by atoms with Crippen LogP contribution in [-0.2, 0) is 0 Å². The number of nitrogens with zero attached hydrogens (tertiary/aromatic N) is 2. The smallest absolute Gasteiger partial charge is 0.239 e. The van der Waals surface area contributed by atoms with Gasteiger partial charge in [0.05, 0.1) is 18.4 Å². The molecule has 0 radical (unpaired) electrons. The lowest BCUT2D eigenvalue weighted by Crippen LogP contribution is -2.37. The molecule has 0 spiro atoms. The quantitative estimate of drug-likeness (QED) is 0.765. The fourth-order valence-electron chi connectivity index (χ4n) is 2.24. The standard InChI is InChI=1S/C15H27N3O2/c1-5-12(6-2)18(9-10-19)14-8-7-13(16)15(17-14)20-11(3)4/h7-8,11-12,19H,5-6,9-10,16H2,1-4H3. The second-order valence-corrected chi connectivity index (χ2v) is 5.12. The summed E-state index contributed by atoms with van der Waals surface area (Å²) in [6.07, 6.45) is 2.03. The summed E-state index contributed by atoms with van der Waals surface area (Å²) in [5.41, 5.74) is 6.44. The topological polar surface area (TPSA) is 71.6 Å². The van der Waals surface area contributed by atoms with E-state index in [-0.39, 0.29) is 12.7 Å². The van der Waals surface area contributed by atoms with Crippen LogP contribution < -0.4 is 15.4 Å². The van der Waals surface area contributed by atoms with Gasteiger partial charge in [-0.1, -0.05) is 13.8 Å². The van der Waals surface area contributed by atoms with Crippen LogP contribution in [-0.4, -0.2) is 35.4 Å². The zero-order valence-corrected chi connectivity index (χ0v) is 13.0. The summed E-state index contributed by atoms with van der Waals surface area (Å²) in [4.78, 5) is 6.63. The van der Waals surface area contributed by atoms with Gasteiger partial charge in [-0.2, -0.15) is 4.98 Å². The Bertz CT molecular complexity index is 406. The van der Waals surface area contributed by atoms with E-state index in [4.69, 9.17) is 10.5 Å². The summed E-state index contributed by atoms with van der Waals surface area (Å²) in [5, 5.41) is 9.28. The molecule has 114 valence electrons. The van der Waals surface area contributed by atoms with E-state index >= 15 is 0 Å². The first kappa shape index (κ1) is 16.6. The van der Waals surface area contributed by atoms with Crippen molar-refractivity contribution in [2.75, 3.05) is 23.8 Å². The highest BCUT2D eigenvalue weighted by atomic mass is 16.5. The highest BCUT2D eigenvalue weighted by Crippen LogP contribution is 2.26. The van der Waals surface area contributed by atoms with Crippen molar-refractivity contribution < 1.29 is 9.84 Å². The Labute approximate surface area is 121 Å². The molecule has 0 aromatic carbocycles. The first-order chi connectivity index (χ1) is 9.53. The Kier molecular flexibility index (Phi) is 6.58. The Morgan fingerprint density at radius 1 is 1.30 bits per heavy atom. The molecule has 0 aliphatic heterocycles. The summed E-state index contributed by atoms with van der Waals surface area (Å²) in [6.45, 7) is 8.83. The number of pyridine rings is 1. The van der Waals surface area contributed by atoms with E-state index in [1.165, 1.54) is 0 Å². The van der Waals surface area contributed by atoms with Crippen LogP contribution >= 0.6 is 0 Å². The molecule has 0 amide bonds. The lowest BCUT2D eigenvalue weighted by Gasteiger charge is -2.31. The maximum atomic E-state index is 9.28. The van der Waals surface area contributed by atoms with Gasteiger partial charge in [-0.25, -0.2) is 0 Å². The molecular formula is C15H27N3O2. The third kappa shape index (κ3) is 4.27. The van der Waals surface area contributed by atoms with Gasteiger partial charge < -0.3 is 20.5 Å². The fourth-order valence-corrected chi connectivity index (χ4v) is 2.24. The average molecular weight is 281 g/mol. The molecule has 1 heterocycles. The van der Waals surface area contributed by atoms with Crippen molar-refractivity contribution in [1.82, 2.24) is 4.98 Å². The largest absolute Gasteiger partial charge is 0.473 e. The predicted octanol–water partition coefficient (Wildman–Crippen LogP) is 2.44. The molecule has 1 aromatic heterocycles. The number of aromatic nitrogens is 1. The van der Waals surface area contributed by atoms with E-state index < -0.39 is 0 Å². The number of aliphatic hydroxyl groups is 1. The van der Waals surface area contributed by atoms with Crippen LogP contribution in [0.2, 0.25) is 0 Å². The number of hydrogen-bond acceptors (Lipinski definition) is 5. The minimum Gasteiger partial charge on any atom is -0.473 e. The number of hydrogen-bond donors (Lipinski definition) is 2. The van der Waals surface area contributed by atoms with Gasteiger partial charge >= 0.3 is 0 Å². The summed E-state index contributed by atoms with van der Waals surface area (Å²) in [7, 11) is 0. The second-order valence-electron chi connectivity index (χ2n) is 5.12. The molecule has 0 aliphatic rings. The normalized spacial score (nSPS) is 11.2. The zero-order valence-electron chi connectivity index (χ0n) is 13.0. The maximum absolute atomic E-state index is 9.28. The molecule has 0 aliphatic carbocycles. The molecule has 1 rings (SSSR count). The first-order valence-corrected chi connectivity index (χ1v) is 7.34. The summed E-state index contributed by atoms with van der Waals surface area (Å²) in [6, 6.07) is 4.05. The minimum absolute atomic E-state index is 0.0273. The third-order valence-electron chi connectivity index (χ3n) is 3.24. The van der Waals surface area contributed by atoms with Gasteiger partial charge in [0.25, 0.3) is 0 Å². The molecule has 0 atom stereocenters. The molecule has 3 N–H and O–H groups in total. The van der Waals surface area contributed by atoms with Crippen molar-refractivity contribution >= 4 is 11.5 Å². The van der Waals surface area contributed by atoms with Crippen molar-refractivity contribution in [3.05, 3.63) is 12.1 Å². The molecule has 5 nitrogen and oxygen atoms in total. The molecule has 0 saturated heterocycles. The molecular weight excluding hydrogens is 254 g/mol. The zero-order chi connectivity index (χ0) is 15.1. The van der Waals surface area contributed by atoms with Crippen LogP contribution in [0.15, 0.2) is 12.1 Å². The second kappa shape index (κ2) is 7.94. The highest BCUT2D eigenvalue weighted by Gasteiger charge is 2.18. The number of anilines is 2. The van der Waals surface area contributed by atoms with Crippen LogP contribution in [0.5, 0.6) is 5.88 Å². The third-order valence-corrected chi connectivity index (χ3v) is 3.24. The van der Waals surface area contributed by atoms with Gasteiger partial charge in [0, 0.05) is 12.6 Å². The lowest BCUT2D eigenvalue weighted by molar-refractivity contribution is 0.234. The summed E-state index contributed by atoms with van der Waals surface area (Å²) >= 11 is 0. The van der Waals surface area contributed by atoms with Crippen molar-refractivity contribution in [3.63, 3.8) is 0 Å². The van der Waals surface area contributed by atoms with Crippen molar-refractivity contribution in [3.8, 4) is 5.88 Å². The van der Waals surface area contributed by atoms with Gasteiger partial charge in [-0.3, -0.25) is 0 Å². The first-order valence-electron chi connectivity index (χ1n) is 7.34. The number of nitrogen functional groups attached to an aromatic ring is 1. The van der Waals surface area contributed by atoms with Crippen LogP contribution in [0, 0.1) is 0 Å². The average Bonchev–Trinajstić information content (AvgIpc) is 2.41. The van der Waals surface area contributed by atoms with E-state index in [1.54, 1.807) is 0 Å². The van der Waals surface area contributed by atoms with Gasteiger partial charge in [0.15, 0.2) is 0 Å². The van der Waals surface area contributed by atoms with Gasteiger partial charge in [0.1, 0.15) is 5.82 Å². The predicted molar refractivity (Wildman–Crippen MR) is 83.2 cm³/mol. The van der Waals surface area contributed by atoms with E-state index in [1.807, 2.05) is 26.0 Å². The van der Waals surface area contributed by atoms with Crippen LogP contribution in [0.3, 0.4) is 0 Å². The maximum Gasteiger partial charge on any atom is 0.239 e. The highest BCUT2D eigenvalue weighted by molar-refractivity contribution is 5.55. The molecule has 5 heteroatoms. The van der Waals surface area contributed by atoms with Crippen molar-refractivity contribution in [2.24, 2.45) is 0 Å². The van der Waals surface area contributed by atoms with Crippen molar-refractivity contribution in [1.29, 1.82) is 0 Å². The fraction of sp³-hybridized carbons (Fsp3) is 0.667. The minimum atomic E-state index is 0.0273. The van der Waals surface area contributed by atoms with E-state index in [9.17, 15) is 5.11 Å². The molecule has 1 aromatic rings. The number of rotatable bonds is 8.